The van der Waals surface area contributed by atoms with Crippen molar-refractivity contribution in [2.45, 2.75) is 6.92 Å². The zero-order valence-electron chi connectivity index (χ0n) is 11.7. The number of benzene rings is 1. The Balaban J connectivity index is 3.45. The molecule has 0 saturated carbocycles. The van der Waals surface area contributed by atoms with Gasteiger partial charge in [0, 0.05) is 5.56 Å². The van der Waals surface area contributed by atoms with E-state index in [0.717, 1.165) is 0 Å². The van der Waals surface area contributed by atoms with E-state index in [0.29, 0.717) is 17.2 Å². The van der Waals surface area contributed by atoms with E-state index in [1.807, 2.05) is 0 Å². The van der Waals surface area contributed by atoms with Crippen LogP contribution in [-0.4, -0.2) is 32.2 Å². The summed E-state index contributed by atoms with van der Waals surface area (Å²) in [6.07, 6.45) is 0. The molecule has 0 spiro atoms. The highest BCUT2D eigenvalue weighted by Crippen LogP contribution is 2.38. The second-order valence-corrected chi connectivity index (χ2v) is 3.82. The number of carbonyl (C=O) groups is 1. The lowest BCUT2D eigenvalue weighted by atomic mass is 10.0. The van der Waals surface area contributed by atoms with Crippen LogP contribution >= 0.6 is 0 Å². The maximum atomic E-state index is 12.2. The van der Waals surface area contributed by atoms with Gasteiger partial charge in [-0.1, -0.05) is 0 Å². The van der Waals surface area contributed by atoms with Crippen LogP contribution in [0.1, 0.15) is 17.3 Å². The molecule has 1 N–H and O–H groups in total. The van der Waals surface area contributed by atoms with Crippen molar-refractivity contribution < 1.29 is 24.1 Å². The molecule has 0 amide bonds. The first-order chi connectivity index (χ1) is 9.49. The molecule has 0 fully saturated rings. The molecular weight excluding hydrogens is 262 g/mol. The Morgan fingerprint density at radius 2 is 1.65 bits per heavy atom. The van der Waals surface area contributed by atoms with Crippen molar-refractivity contribution in [3.05, 3.63) is 29.0 Å². The normalized spacial score (nSPS) is 11.2. The van der Waals surface area contributed by atoms with Crippen molar-refractivity contribution in [3.8, 4) is 23.3 Å². The quantitative estimate of drug-likeness (QED) is 0.384. The number of hydrogen-bond donors (Lipinski definition) is 1. The lowest BCUT2D eigenvalue weighted by Gasteiger charge is -2.13. The van der Waals surface area contributed by atoms with Crippen LogP contribution in [-0.2, 0) is 0 Å². The van der Waals surface area contributed by atoms with Crippen molar-refractivity contribution in [2.75, 3.05) is 21.3 Å². The Hall–Kier alpha value is -2.68. The second-order valence-electron chi connectivity index (χ2n) is 3.82. The molecule has 1 rings (SSSR count). The van der Waals surface area contributed by atoms with Gasteiger partial charge < -0.3 is 19.3 Å². The molecule has 106 valence electrons. The summed E-state index contributed by atoms with van der Waals surface area (Å²) in [4.78, 5) is 12.2. The molecule has 0 aliphatic carbocycles. The molecule has 0 bridgehead atoms. The molecule has 1 aromatic carbocycles. The van der Waals surface area contributed by atoms with E-state index in [1.165, 1.54) is 40.4 Å². The highest BCUT2D eigenvalue weighted by molar-refractivity contribution is 6.12. The summed E-state index contributed by atoms with van der Waals surface area (Å²) >= 11 is 0. The lowest BCUT2D eigenvalue weighted by molar-refractivity contribution is 0.103. The van der Waals surface area contributed by atoms with Gasteiger partial charge in [-0.05, 0) is 19.1 Å². The summed E-state index contributed by atoms with van der Waals surface area (Å²) in [5, 5.41) is 18.3. The fourth-order valence-electron chi connectivity index (χ4n) is 1.65. The number of rotatable bonds is 5. The molecule has 0 heterocycles. The van der Waals surface area contributed by atoms with E-state index in [1.54, 1.807) is 6.07 Å². The average Bonchev–Trinajstić information content (AvgIpc) is 2.45. The number of aliphatic hydroxyl groups is 1. The van der Waals surface area contributed by atoms with Crippen molar-refractivity contribution in [3.63, 3.8) is 0 Å². The molecule has 0 atom stereocenters. The summed E-state index contributed by atoms with van der Waals surface area (Å²) in [6.45, 7) is 1.27. The standard InChI is InChI=1S/C14H15NO5/c1-8(16)10(7-15)13(17)9-5-11(18-2)14(20-4)12(6-9)19-3/h5-6,16H,1-4H3/b10-8-. The molecule has 6 heteroatoms. The molecule has 0 aliphatic heterocycles. The molecule has 0 aromatic heterocycles. The number of aliphatic hydroxyl groups excluding tert-OH is 1. The smallest absolute Gasteiger partial charge is 0.207 e. The van der Waals surface area contributed by atoms with Gasteiger partial charge >= 0.3 is 0 Å². The predicted octanol–water partition coefficient (Wildman–Crippen LogP) is 2.25. The van der Waals surface area contributed by atoms with Crippen LogP contribution in [0.25, 0.3) is 0 Å². The summed E-state index contributed by atoms with van der Waals surface area (Å²) in [6, 6.07) is 4.51. The van der Waals surface area contributed by atoms with Gasteiger partial charge in [0.1, 0.15) is 17.4 Å². The Labute approximate surface area is 116 Å². The summed E-state index contributed by atoms with van der Waals surface area (Å²) < 4.78 is 15.4. The lowest BCUT2D eigenvalue weighted by Crippen LogP contribution is -2.06. The maximum Gasteiger partial charge on any atom is 0.207 e. The molecule has 20 heavy (non-hydrogen) atoms. The van der Waals surface area contributed by atoms with Crippen LogP contribution in [0.2, 0.25) is 0 Å². The third kappa shape index (κ3) is 2.83. The maximum absolute atomic E-state index is 12.2. The van der Waals surface area contributed by atoms with Gasteiger partial charge in [0.05, 0.1) is 21.3 Å². The summed E-state index contributed by atoms with van der Waals surface area (Å²) in [5.41, 5.74) is -0.177. The second kappa shape index (κ2) is 6.48. The Morgan fingerprint density at radius 1 is 1.15 bits per heavy atom. The van der Waals surface area contributed by atoms with E-state index in [2.05, 4.69) is 0 Å². The van der Waals surface area contributed by atoms with Gasteiger partial charge in [-0.15, -0.1) is 0 Å². The van der Waals surface area contributed by atoms with E-state index < -0.39 is 5.78 Å². The van der Waals surface area contributed by atoms with Crippen LogP contribution in [0, 0.1) is 11.3 Å². The van der Waals surface area contributed by atoms with Gasteiger partial charge in [0.15, 0.2) is 11.5 Å². The van der Waals surface area contributed by atoms with E-state index in [9.17, 15) is 9.90 Å². The van der Waals surface area contributed by atoms with Crippen LogP contribution in [0.4, 0.5) is 0 Å². The van der Waals surface area contributed by atoms with E-state index in [4.69, 9.17) is 19.5 Å². The number of hydrogen-bond acceptors (Lipinski definition) is 6. The molecular formula is C14H15NO5. The zero-order chi connectivity index (χ0) is 15.3. The molecule has 1 aromatic rings. The number of ketones is 1. The first kappa shape index (κ1) is 15.4. The average molecular weight is 277 g/mol. The summed E-state index contributed by atoms with van der Waals surface area (Å²) in [5.74, 6) is -0.0288. The topological polar surface area (TPSA) is 88.8 Å². The van der Waals surface area contributed by atoms with Gasteiger partial charge in [-0.3, -0.25) is 4.79 Å². The molecule has 0 saturated heterocycles. The van der Waals surface area contributed by atoms with Crippen LogP contribution < -0.4 is 14.2 Å². The fourth-order valence-corrected chi connectivity index (χ4v) is 1.65. The number of carbonyl (C=O) groups excluding carboxylic acids is 1. The van der Waals surface area contributed by atoms with Gasteiger partial charge in [-0.2, -0.15) is 5.26 Å². The van der Waals surface area contributed by atoms with Gasteiger partial charge in [0.2, 0.25) is 11.5 Å². The van der Waals surface area contributed by atoms with Crippen LogP contribution in [0.3, 0.4) is 0 Å². The predicted molar refractivity (Wildman–Crippen MR) is 71.4 cm³/mol. The van der Waals surface area contributed by atoms with E-state index in [-0.39, 0.29) is 16.9 Å². The third-order valence-corrected chi connectivity index (χ3v) is 2.63. The zero-order valence-corrected chi connectivity index (χ0v) is 11.7. The first-order valence-electron chi connectivity index (χ1n) is 5.64. The minimum atomic E-state index is -0.619. The number of ether oxygens (including phenoxy) is 3. The summed E-state index contributed by atoms with van der Waals surface area (Å²) in [7, 11) is 4.29. The molecule has 0 radical (unpaired) electrons. The van der Waals surface area contributed by atoms with Crippen molar-refractivity contribution in [2.24, 2.45) is 0 Å². The van der Waals surface area contributed by atoms with Crippen molar-refractivity contribution >= 4 is 5.78 Å². The fraction of sp³-hybridized carbons (Fsp3) is 0.286. The Kier molecular flexibility index (Phi) is 4.98. The van der Waals surface area contributed by atoms with Crippen molar-refractivity contribution in [1.82, 2.24) is 0 Å². The molecule has 0 unspecified atom stereocenters. The van der Waals surface area contributed by atoms with Crippen molar-refractivity contribution in [1.29, 1.82) is 5.26 Å². The monoisotopic (exact) mass is 277 g/mol. The van der Waals surface area contributed by atoms with Gasteiger partial charge in [-0.25, -0.2) is 0 Å². The molecule has 6 nitrogen and oxygen atoms in total. The van der Waals surface area contributed by atoms with E-state index >= 15 is 0 Å². The van der Waals surface area contributed by atoms with Crippen LogP contribution in [0.5, 0.6) is 17.2 Å². The Morgan fingerprint density at radius 3 is 1.95 bits per heavy atom. The number of allylic oxidation sites excluding steroid dienone is 2. The minimum Gasteiger partial charge on any atom is -0.511 e. The number of Topliss-reactive ketones (excluding diaryl/α,β-unsaturated/α-hetero) is 1. The molecule has 0 aliphatic rings. The third-order valence-electron chi connectivity index (χ3n) is 2.63. The number of nitrogens with zero attached hydrogens (tertiary/aromatic N) is 1. The highest BCUT2D eigenvalue weighted by Gasteiger charge is 2.20. The number of nitriles is 1. The minimum absolute atomic E-state index is 0.157. The SMILES string of the molecule is COc1cc(C(=O)/C(C#N)=C(/C)O)cc(OC)c1OC. The Bertz CT molecular complexity index is 569. The van der Waals surface area contributed by atoms with Gasteiger partial charge in [0.25, 0.3) is 0 Å². The highest BCUT2D eigenvalue weighted by atomic mass is 16.5. The number of methoxy groups -OCH3 is 3. The largest absolute Gasteiger partial charge is 0.511 e. The first-order valence-corrected chi connectivity index (χ1v) is 5.64. The van der Waals surface area contributed by atoms with Crippen LogP contribution in [0.15, 0.2) is 23.5 Å².